The number of hydrogen-bond donors (Lipinski definition) is 1. The van der Waals surface area contributed by atoms with Crippen LogP contribution in [0.15, 0.2) is 24.4 Å². The highest BCUT2D eigenvalue weighted by atomic mass is 19.4. The van der Waals surface area contributed by atoms with Gasteiger partial charge >= 0.3 is 12.3 Å². The van der Waals surface area contributed by atoms with Crippen LogP contribution in [0.25, 0.3) is 10.9 Å². The Morgan fingerprint density at radius 1 is 1.29 bits per heavy atom. The lowest BCUT2D eigenvalue weighted by molar-refractivity contribution is -0.274. The maximum atomic E-state index is 12.1. The molecule has 0 saturated heterocycles. The number of ketones is 1. The molecule has 0 aliphatic heterocycles. The smallest absolute Gasteiger partial charge is 0.460 e. The van der Waals surface area contributed by atoms with Gasteiger partial charge in [0.15, 0.2) is 0 Å². The highest BCUT2D eigenvalue weighted by Gasteiger charge is 2.31. The molecule has 112 valence electrons. The van der Waals surface area contributed by atoms with E-state index >= 15 is 0 Å². The molecule has 0 atom stereocenters. The molecule has 0 aliphatic rings. The van der Waals surface area contributed by atoms with Crippen molar-refractivity contribution in [2.75, 3.05) is 6.61 Å². The Bertz CT molecular complexity index is 690. The van der Waals surface area contributed by atoms with Gasteiger partial charge in [0.05, 0.1) is 12.2 Å². The molecule has 21 heavy (non-hydrogen) atoms. The van der Waals surface area contributed by atoms with Crippen LogP contribution in [0.1, 0.15) is 17.3 Å². The fourth-order valence-corrected chi connectivity index (χ4v) is 1.80. The van der Waals surface area contributed by atoms with Crippen LogP contribution >= 0.6 is 0 Å². The minimum absolute atomic E-state index is 0.0296. The zero-order chi connectivity index (χ0) is 15.6. The van der Waals surface area contributed by atoms with Crippen molar-refractivity contribution in [2.24, 2.45) is 0 Å². The number of halogens is 3. The Labute approximate surface area is 116 Å². The molecule has 1 aromatic carbocycles. The van der Waals surface area contributed by atoms with E-state index in [-0.39, 0.29) is 17.7 Å². The van der Waals surface area contributed by atoms with Gasteiger partial charge in [0.25, 0.3) is 5.78 Å². The molecule has 0 fully saturated rings. The third-order valence-corrected chi connectivity index (χ3v) is 2.59. The summed E-state index contributed by atoms with van der Waals surface area (Å²) in [6.45, 7) is 1.61. The number of ether oxygens (including phenoxy) is 2. The molecular weight excluding hydrogens is 291 g/mol. The molecule has 5 nitrogen and oxygen atoms in total. The van der Waals surface area contributed by atoms with Crippen LogP contribution in [0.2, 0.25) is 0 Å². The summed E-state index contributed by atoms with van der Waals surface area (Å²) in [4.78, 5) is 25.8. The zero-order valence-corrected chi connectivity index (χ0v) is 10.8. The van der Waals surface area contributed by atoms with Crippen molar-refractivity contribution in [2.45, 2.75) is 13.3 Å². The van der Waals surface area contributed by atoms with E-state index in [1.54, 1.807) is 6.92 Å². The van der Waals surface area contributed by atoms with Crippen LogP contribution in [0.4, 0.5) is 13.2 Å². The molecule has 1 heterocycles. The third-order valence-electron chi connectivity index (χ3n) is 2.59. The van der Waals surface area contributed by atoms with E-state index in [1.165, 1.54) is 12.3 Å². The fraction of sp³-hybridized carbons (Fsp3) is 0.231. The van der Waals surface area contributed by atoms with Crippen molar-refractivity contribution in [3.05, 3.63) is 30.0 Å². The van der Waals surface area contributed by atoms with Crippen LogP contribution in [-0.4, -0.2) is 29.7 Å². The van der Waals surface area contributed by atoms with Crippen molar-refractivity contribution < 1.29 is 32.2 Å². The van der Waals surface area contributed by atoms with Crippen molar-refractivity contribution in [1.29, 1.82) is 0 Å². The predicted octanol–water partition coefficient (Wildman–Crippen LogP) is 2.81. The van der Waals surface area contributed by atoms with E-state index in [0.29, 0.717) is 5.39 Å². The number of Topliss-reactive ketones (excluding diaryl/α,β-unsaturated/α-hetero) is 1. The monoisotopic (exact) mass is 301 g/mol. The third kappa shape index (κ3) is 3.33. The van der Waals surface area contributed by atoms with Crippen molar-refractivity contribution in [3.8, 4) is 5.75 Å². The second-order valence-electron chi connectivity index (χ2n) is 4.01. The molecule has 0 amide bonds. The van der Waals surface area contributed by atoms with E-state index in [4.69, 9.17) is 0 Å². The van der Waals surface area contributed by atoms with E-state index in [1.807, 2.05) is 0 Å². The van der Waals surface area contributed by atoms with Crippen molar-refractivity contribution in [1.82, 2.24) is 4.98 Å². The lowest BCUT2D eigenvalue weighted by atomic mass is 10.1. The second kappa shape index (κ2) is 5.47. The van der Waals surface area contributed by atoms with Gasteiger partial charge in [-0.05, 0) is 19.1 Å². The first-order chi connectivity index (χ1) is 9.81. The second-order valence-corrected chi connectivity index (χ2v) is 4.01. The summed E-state index contributed by atoms with van der Waals surface area (Å²) < 4.78 is 44.7. The molecule has 1 N–H and O–H groups in total. The van der Waals surface area contributed by atoms with Gasteiger partial charge in [-0.1, -0.05) is 0 Å². The van der Waals surface area contributed by atoms with Crippen LogP contribution in [-0.2, 0) is 9.53 Å². The Morgan fingerprint density at radius 3 is 2.62 bits per heavy atom. The normalized spacial score (nSPS) is 11.4. The summed E-state index contributed by atoms with van der Waals surface area (Å²) >= 11 is 0. The molecule has 0 radical (unpaired) electrons. The van der Waals surface area contributed by atoms with E-state index in [9.17, 15) is 22.8 Å². The predicted molar refractivity (Wildman–Crippen MR) is 65.9 cm³/mol. The zero-order valence-electron chi connectivity index (χ0n) is 10.8. The first kappa shape index (κ1) is 14.9. The summed E-state index contributed by atoms with van der Waals surface area (Å²) in [5, 5.41) is 0.308. The van der Waals surface area contributed by atoms with Crippen molar-refractivity contribution in [3.63, 3.8) is 0 Å². The fourth-order valence-electron chi connectivity index (χ4n) is 1.80. The van der Waals surface area contributed by atoms with E-state index in [2.05, 4.69) is 14.5 Å². The molecule has 0 saturated carbocycles. The number of benzene rings is 1. The number of aromatic nitrogens is 1. The van der Waals surface area contributed by atoms with Crippen LogP contribution in [0.3, 0.4) is 0 Å². The Morgan fingerprint density at radius 2 is 2.00 bits per heavy atom. The average molecular weight is 301 g/mol. The number of aromatic amines is 1. The van der Waals surface area contributed by atoms with Crippen LogP contribution < -0.4 is 4.74 Å². The summed E-state index contributed by atoms with van der Waals surface area (Å²) in [5.74, 6) is -2.31. The Balaban J connectivity index is 2.33. The highest BCUT2D eigenvalue weighted by Crippen LogP contribution is 2.27. The molecule has 0 spiro atoms. The first-order valence-electron chi connectivity index (χ1n) is 5.90. The SMILES string of the molecule is CCOC(=O)C(=O)c1c[nH]c2cc(OC(F)(F)F)ccc12. The lowest BCUT2D eigenvalue weighted by Crippen LogP contribution is -2.17. The number of H-pyrrole nitrogens is 1. The number of carbonyl (C=O) groups is 2. The maximum Gasteiger partial charge on any atom is 0.573 e. The van der Waals surface area contributed by atoms with Gasteiger partial charge in [-0.2, -0.15) is 0 Å². The van der Waals surface area contributed by atoms with E-state index in [0.717, 1.165) is 12.1 Å². The summed E-state index contributed by atoms with van der Waals surface area (Å²) in [5.41, 5.74) is 0.270. The van der Waals surface area contributed by atoms with Gasteiger partial charge in [-0.3, -0.25) is 4.79 Å². The molecule has 1 aromatic heterocycles. The standard InChI is InChI=1S/C13H10F3NO4/c1-2-20-12(19)11(18)9-6-17-10-5-7(3-4-8(9)10)21-13(14,15)16/h3-6,17H,2H2,1H3. The summed E-state index contributed by atoms with van der Waals surface area (Å²) in [7, 11) is 0. The van der Waals surface area contributed by atoms with Gasteiger partial charge in [-0.25, -0.2) is 4.79 Å². The number of fused-ring (bicyclic) bond motifs is 1. The van der Waals surface area contributed by atoms with Gasteiger partial charge in [0.1, 0.15) is 5.75 Å². The summed E-state index contributed by atoms with van der Waals surface area (Å²) in [6, 6.07) is 3.41. The van der Waals surface area contributed by atoms with Crippen LogP contribution in [0.5, 0.6) is 5.75 Å². The average Bonchev–Trinajstić information content (AvgIpc) is 2.79. The number of rotatable bonds is 4. The molecule has 8 heteroatoms. The minimum Gasteiger partial charge on any atom is -0.460 e. The number of carbonyl (C=O) groups excluding carboxylic acids is 2. The number of hydrogen-bond acceptors (Lipinski definition) is 4. The minimum atomic E-state index is -4.80. The molecule has 0 unspecified atom stereocenters. The Kier molecular flexibility index (Phi) is 3.88. The molecule has 0 bridgehead atoms. The molecule has 0 aliphatic carbocycles. The quantitative estimate of drug-likeness (QED) is 0.535. The van der Waals surface area contributed by atoms with Gasteiger partial charge in [0.2, 0.25) is 0 Å². The Hall–Kier alpha value is -2.51. The van der Waals surface area contributed by atoms with Crippen LogP contribution in [0, 0.1) is 0 Å². The van der Waals surface area contributed by atoms with Gasteiger partial charge in [-0.15, -0.1) is 13.2 Å². The first-order valence-corrected chi connectivity index (χ1v) is 5.90. The number of nitrogens with one attached hydrogen (secondary N) is 1. The largest absolute Gasteiger partial charge is 0.573 e. The van der Waals surface area contributed by atoms with E-state index < -0.39 is 23.9 Å². The lowest BCUT2D eigenvalue weighted by Gasteiger charge is -2.08. The topological polar surface area (TPSA) is 68.4 Å². The number of alkyl halides is 3. The maximum absolute atomic E-state index is 12.1. The number of esters is 1. The van der Waals surface area contributed by atoms with Gasteiger partial charge < -0.3 is 14.5 Å². The molecule has 2 aromatic rings. The van der Waals surface area contributed by atoms with Crippen molar-refractivity contribution >= 4 is 22.7 Å². The molecular formula is C13H10F3NO4. The summed E-state index contributed by atoms with van der Waals surface area (Å²) in [6.07, 6.45) is -3.56. The van der Waals surface area contributed by atoms with Gasteiger partial charge in [0, 0.05) is 23.2 Å². The highest BCUT2D eigenvalue weighted by molar-refractivity contribution is 6.42. The molecule has 2 rings (SSSR count).